The summed E-state index contributed by atoms with van der Waals surface area (Å²) in [5.74, 6) is 0.806. The highest BCUT2D eigenvalue weighted by molar-refractivity contribution is 5.44. The van der Waals surface area contributed by atoms with E-state index in [1.807, 2.05) is 18.2 Å². The summed E-state index contributed by atoms with van der Waals surface area (Å²) in [6.45, 7) is 3.44. The predicted octanol–water partition coefficient (Wildman–Crippen LogP) is 3.09. The van der Waals surface area contributed by atoms with Gasteiger partial charge < -0.3 is 18.9 Å². The van der Waals surface area contributed by atoms with E-state index in [-0.39, 0.29) is 0 Å². The maximum atomic E-state index is 5.88. The van der Waals surface area contributed by atoms with Crippen LogP contribution in [-0.4, -0.2) is 27.4 Å². The fraction of sp³-hybridized carbons (Fsp3) is 0.600. The molecule has 0 saturated carbocycles. The van der Waals surface area contributed by atoms with Crippen LogP contribution < -0.4 is 9.47 Å². The molecule has 1 aliphatic heterocycles. The molecular weight excluding hydrogens is 244 g/mol. The molecule has 0 N–H and O–H groups in total. The van der Waals surface area contributed by atoms with Crippen LogP contribution in [0.15, 0.2) is 18.2 Å². The number of ether oxygens (including phenoxy) is 4. The van der Waals surface area contributed by atoms with Gasteiger partial charge in [0, 0.05) is 12.0 Å². The molecule has 1 saturated heterocycles. The Balaban J connectivity index is 2.31. The Morgan fingerprint density at radius 3 is 2.37 bits per heavy atom. The topological polar surface area (TPSA) is 36.9 Å². The average molecular weight is 266 g/mol. The van der Waals surface area contributed by atoms with Crippen molar-refractivity contribution < 1.29 is 18.9 Å². The molecule has 4 heteroatoms. The smallest absolute Gasteiger partial charge is 0.195 e. The fourth-order valence-electron chi connectivity index (χ4n) is 2.39. The summed E-state index contributed by atoms with van der Waals surface area (Å²) in [5.41, 5.74) is 0.996. The SMILES string of the molecule is CCCCC1(c2ccc(OC)c(OC)c2)OCCO1. The van der Waals surface area contributed by atoms with Crippen molar-refractivity contribution in [3.8, 4) is 11.5 Å². The molecule has 4 nitrogen and oxygen atoms in total. The molecule has 0 aliphatic carbocycles. The van der Waals surface area contributed by atoms with Gasteiger partial charge in [0.05, 0.1) is 27.4 Å². The molecule has 19 heavy (non-hydrogen) atoms. The molecule has 2 rings (SSSR count). The Labute approximate surface area is 114 Å². The molecular formula is C15H22O4. The molecule has 0 unspecified atom stereocenters. The first-order valence-electron chi connectivity index (χ1n) is 6.76. The maximum absolute atomic E-state index is 5.88. The lowest BCUT2D eigenvalue weighted by molar-refractivity contribution is -0.171. The van der Waals surface area contributed by atoms with Crippen molar-refractivity contribution in [3.05, 3.63) is 23.8 Å². The van der Waals surface area contributed by atoms with Crippen molar-refractivity contribution >= 4 is 0 Å². The number of benzene rings is 1. The normalized spacial score (nSPS) is 17.4. The summed E-state index contributed by atoms with van der Waals surface area (Å²) in [4.78, 5) is 0. The summed E-state index contributed by atoms with van der Waals surface area (Å²) < 4.78 is 22.4. The minimum Gasteiger partial charge on any atom is -0.493 e. The van der Waals surface area contributed by atoms with Crippen molar-refractivity contribution in [1.29, 1.82) is 0 Å². The third-order valence-corrected chi connectivity index (χ3v) is 3.44. The third kappa shape index (κ3) is 2.85. The van der Waals surface area contributed by atoms with Gasteiger partial charge in [0.1, 0.15) is 0 Å². The summed E-state index contributed by atoms with van der Waals surface area (Å²) in [6, 6.07) is 5.83. The van der Waals surface area contributed by atoms with Crippen molar-refractivity contribution in [2.24, 2.45) is 0 Å². The lowest BCUT2D eigenvalue weighted by Crippen LogP contribution is -2.27. The zero-order valence-corrected chi connectivity index (χ0v) is 11.9. The minimum atomic E-state index is -0.616. The standard InChI is InChI=1S/C15H22O4/c1-4-5-8-15(18-9-10-19-15)12-6-7-13(16-2)14(11-12)17-3/h6-7,11H,4-5,8-10H2,1-3H3. The average Bonchev–Trinajstić information content (AvgIpc) is 2.94. The van der Waals surface area contributed by atoms with Crippen LogP contribution in [0.25, 0.3) is 0 Å². The highest BCUT2D eigenvalue weighted by Crippen LogP contribution is 2.40. The number of hydrogen-bond donors (Lipinski definition) is 0. The van der Waals surface area contributed by atoms with Gasteiger partial charge in [-0.15, -0.1) is 0 Å². The van der Waals surface area contributed by atoms with E-state index in [2.05, 4.69) is 6.92 Å². The first-order valence-corrected chi connectivity index (χ1v) is 6.76. The first kappa shape index (κ1) is 14.2. The molecule has 0 radical (unpaired) electrons. The second-order valence-corrected chi connectivity index (χ2v) is 4.62. The van der Waals surface area contributed by atoms with Gasteiger partial charge >= 0.3 is 0 Å². The maximum Gasteiger partial charge on any atom is 0.195 e. The Morgan fingerprint density at radius 1 is 1.11 bits per heavy atom. The van der Waals surface area contributed by atoms with Crippen LogP contribution in [0, 0.1) is 0 Å². The van der Waals surface area contributed by atoms with Crippen LogP contribution in [-0.2, 0) is 15.3 Å². The van der Waals surface area contributed by atoms with E-state index in [0.29, 0.717) is 19.0 Å². The molecule has 106 valence electrons. The Bertz CT molecular complexity index is 411. The van der Waals surface area contributed by atoms with Gasteiger partial charge in [-0.3, -0.25) is 0 Å². The second-order valence-electron chi connectivity index (χ2n) is 4.62. The lowest BCUT2D eigenvalue weighted by atomic mass is 9.99. The molecule has 1 heterocycles. The number of methoxy groups -OCH3 is 2. The Hall–Kier alpha value is -1.26. The number of rotatable bonds is 6. The van der Waals surface area contributed by atoms with Crippen molar-refractivity contribution in [2.45, 2.75) is 32.0 Å². The van der Waals surface area contributed by atoms with Gasteiger partial charge in [0.2, 0.25) is 0 Å². The van der Waals surface area contributed by atoms with Crippen LogP contribution in [0.1, 0.15) is 31.7 Å². The van der Waals surface area contributed by atoms with Gasteiger partial charge in [-0.1, -0.05) is 13.3 Å². The minimum absolute atomic E-state index is 0.616. The molecule has 0 aromatic heterocycles. The second kappa shape index (κ2) is 6.26. The van der Waals surface area contributed by atoms with Gasteiger partial charge in [-0.05, 0) is 24.6 Å². The molecule has 0 bridgehead atoms. The summed E-state index contributed by atoms with van der Waals surface area (Å²) in [5, 5.41) is 0. The monoisotopic (exact) mass is 266 g/mol. The summed E-state index contributed by atoms with van der Waals surface area (Å²) in [6.07, 6.45) is 3.04. The quantitative estimate of drug-likeness (QED) is 0.793. The largest absolute Gasteiger partial charge is 0.493 e. The van der Waals surface area contributed by atoms with E-state index in [1.165, 1.54) is 0 Å². The molecule has 0 atom stereocenters. The van der Waals surface area contributed by atoms with Crippen molar-refractivity contribution in [2.75, 3.05) is 27.4 Å². The molecule has 1 fully saturated rings. The molecule has 0 spiro atoms. The summed E-state index contributed by atoms with van der Waals surface area (Å²) >= 11 is 0. The van der Waals surface area contributed by atoms with E-state index in [4.69, 9.17) is 18.9 Å². The van der Waals surface area contributed by atoms with Crippen LogP contribution in [0.5, 0.6) is 11.5 Å². The van der Waals surface area contributed by atoms with E-state index >= 15 is 0 Å². The molecule has 0 amide bonds. The van der Waals surface area contributed by atoms with Crippen LogP contribution >= 0.6 is 0 Å². The van der Waals surface area contributed by atoms with Crippen LogP contribution in [0.2, 0.25) is 0 Å². The van der Waals surface area contributed by atoms with Gasteiger partial charge in [-0.2, -0.15) is 0 Å². The lowest BCUT2D eigenvalue weighted by Gasteiger charge is -2.28. The van der Waals surface area contributed by atoms with E-state index in [1.54, 1.807) is 14.2 Å². The van der Waals surface area contributed by atoms with Gasteiger partial charge in [0.15, 0.2) is 17.3 Å². The zero-order valence-electron chi connectivity index (χ0n) is 11.9. The highest BCUT2D eigenvalue weighted by Gasteiger charge is 2.38. The van der Waals surface area contributed by atoms with Crippen molar-refractivity contribution in [1.82, 2.24) is 0 Å². The van der Waals surface area contributed by atoms with Crippen LogP contribution in [0.3, 0.4) is 0 Å². The first-order chi connectivity index (χ1) is 9.25. The van der Waals surface area contributed by atoms with Crippen molar-refractivity contribution in [3.63, 3.8) is 0 Å². The number of unbranched alkanes of at least 4 members (excludes halogenated alkanes) is 1. The summed E-state index contributed by atoms with van der Waals surface area (Å²) in [7, 11) is 3.27. The Morgan fingerprint density at radius 2 is 1.79 bits per heavy atom. The van der Waals surface area contributed by atoms with Gasteiger partial charge in [0.25, 0.3) is 0 Å². The molecule has 1 aliphatic rings. The highest BCUT2D eigenvalue weighted by atomic mass is 16.7. The molecule has 1 aromatic rings. The van der Waals surface area contributed by atoms with E-state index in [9.17, 15) is 0 Å². The van der Waals surface area contributed by atoms with E-state index < -0.39 is 5.79 Å². The third-order valence-electron chi connectivity index (χ3n) is 3.44. The molecule has 1 aromatic carbocycles. The Kier molecular flexibility index (Phi) is 4.66. The number of hydrogen-bond acceptors (Lipinski definition) is 4. The van der Waals surface area contributed by atoms with Crippen LogP contribution in [0.4, 0.5) is 0 Å². The van der Waals surface area contributed by atoms with Gasteiger partial charge in [-0.25, -0.2) is 0 Å². The van der Waals surface area contributed by atoms with E-state index in [0.717, 1.165) is 30.6 Å². The predicted molar refractivity (Wildman–Crippen MR) is 72.7 cm³/mol. The fourth-order valence-corrected chi connectivity index (χ4v) is 2.39. The zero-order chi connectivity index (χ0) is 13.7.